The molecule has 0 fully saturated rings. The highest BCUT2D eigenvalue weighted by Gasteiger charge is 2.50. The molecule has 0 heterocycles. The topological polar surface area (TPSA) is 35.5 Å². The largest absolute Gasteiger partial charge is 0.410 e. The van der Waals surface area contributed by atoms with Gasteiger partial charge in [-0.1, -0.05) is 115 Å². The van der Waals surface area contributed by atoms with Gasteiger partial charge in [-0.3, -0.25) is 0 Å². The van der Waals surface area contributed by atoms with Gasteiger partial charge in [0, 0.05) is 5.92 Å². The third-order valence-electron chi connectivity index (χ3n) is 7.57. The first-order valence-electron chi connectivity index (χ1n) is 13.2. The van der Waals surface area contributed by atoms with Crippen LogP contribution in [0.25, 0.3) is 0 Å². The lowest BCUT2D eigenvalue weighted by Gasteiger charge is -2.43. The number of carbonyl (C=O) groups excluding carboxylic acids is 1. The van der Waals surface area contributed by atoms with E-state index in [1.54, 1.807) is 0 Å². The Kier molecular flexibility index (Phi) is 10.9. The van der Waals surface area contributed by atoms with E-state index in [9.17, 15) is 4.79 Å². The summed E-state index contributed by atoms with van der Waals surface area (Å²) in [6, 6.07) is 24.6. The number of rotatable bonds is 13. The van der Waals surface area contributed by atoms with Gasteiger partial charge in [0.15, 0.2) is 8.32 Å². The van der Waals surface area contributed by atoms with Crippen molar-refractivity contribution in [3.8, 4) is 0 Å². The highest BCUT2D eigenvalue weighted by Crippen LogP contribution is 2.37. The van der Waals surface area contributed by atoms with Gasteiger partial charge in [-0.15, -0.1) is 0 Å². The van der Waals surface area contributed by atoms with Crippen LogP contribution in [0.4, 0.5) is 0 Å². The van der Waals surface area contributed by atoms with Crippen LogP contribution in [0.1, 0.15) is 55.4 Å². The quantitative estimate of drug-likeness (QED) is 0.170. The summed E-state index contributed by atoms with van der Waals surface area (Å²) in [5, 5.41) is 2.47. The molecule has 0 bridgehead atoms. The number of benzene rings is 2. The summed E-state index contributed by atoms with van der Waals surface area (Å²) in [4.78, 5) is 11.8. The molecule has 2 aromatic carbocycles. The highest BCUT2D eigenvalue weighted by atomic mass is 28.4. The molecule has 2 rings (SSSR count). The van der Waals surface area contributed by atoms with Crippen LogP contribution < -0.4 is 10.4 Å². The summed E-state index contributed by atoms with van der Waals surface area (Å²) in [5.41, 5.74) is 1.09. The maximum Gasteiger partial charge on any atom is 0.261 e. The molecule has 192 valence electrons. The average Bonchev–Trinajstić information content (AvgIpc) is 2.87. The number of carbonyl (C=O) groups is 1. The second-order valence-electron chi connectivity index (χ2n) is 10.7. The van der Waals surface area contributed by atoms with Crippen LogP contribution in [-0.4, -0.2) is 35.6 Å². The van der Waals surface area contributed by atoms with Crippen molar-refractivity contribution in [2.24, 2.45) is 5.92 Å². The van der Waals surface area contributed by atoms with Crippen molar-refractivity contribution in [1.82, 2.24) is 0 Å². The molecule has 2 aromatic rings. The van der Waals surface area contributed by atoms with Crippen LogP contribution in [0, 0.1) is 5.92 Å². The minimum Gasteiger partial charge on any atom is -0.410 e. The molecule has 0 aliphatic carbocycles. The van der Waals surface area contributed by atoms with Crippen LogP contribution in [0.2, 0.25) is 23.2 Å². The predicted octanol–water partition coefficient (Wildman–Crippen LogP) is 6.73. The smallest absolute Gasteiger partial charge is 0.261 e. The molecule has 3 nitrogen and oxygen atoms in total. The van der Waals surface area contributed by atoms with Gasteiger partial charge >= 0.3 is 0 Å². The van der Waals surface area contributed by atoms with Crippen molar-refractivity contribution in [2.75, 3.05) is 6.61 Å². The van der Waals surface area contributed by atoms with E-state index in [0.717, 1.165) is 30.0 Å². The van der Waals surface area contributed by atoms with Gasteiger partial charge in [-0.05, 0) is 46.0 Å². The molecule has 2 atom stereocenters. The van der Waals surface area contributed by atoms with Crippen molar-refractivity contribution < 1.29 is 13.6 Å². The standard InChI is InChI=1S/C30H46O3Si2/c1-9-34(10-2,11-3)33-29(26(5)24-31)25(4)22-23-32-35(30(6,7)8,27-18-14-12-15-19-27)28-20-16-13-17-21-28/h12-22,24,26,29H,9-11,23H2,1-8H3/b25-22-/t26-,29-/m0/s1. The van der Waals surface area contributed by atoms with Crippen molar-refractivity contribution in [1.29, 1.82) is 0 Å². The van der Waals surface area contributed by atoms with Gasteiger partial charge in [0.25, 0.3) is 8.32 Å². The van der Waals surface area contributed by atoms with E-state index in [1.807, 2.05) is 6.92 Å². The molecule has 0 N–H and O–H groups in total. The molecular formula is C30H46O3Si2. The number of aldehydes is 1. The van der Waals surface area contributed by atoms with Crippen molar-refractivity contribution in [3.63, 3.8) is 0 Å². The fourth-order valence-electron chi connectivity index (χ4n) is 5.13. The third kappa shape index (κ3) is 6.70. The lowest BCUT2D eigenvalue weighted by molar-refractivity contribution is -0.112. The van der Waals surface area contributed by atoms with Gasteiger partial charge in [0.05, 0.1) is 12.7 Å². The normalized spacial score (nSPS) is 15.0. The zero-order chi connectivity index (χ0) is 26.1. The average molecular weight is 511 g/mol. The van der Waals surface area contributed by atoms with Gasteiger partial charge < -0.3 is 13.6 Å². The SMILES string of the molecule is CC[Si](CC)(CC)O[C@@H](/C(C)=C\CO[Si](c1ccccc1)(c1ccccc1)C(C)(C)C)[C@@H](C)C=O. The predicted molar refractivity (Wildman–Crippen MR) is 155 cm³/mol. The lowest BCUT2D eigenvalue weighted by Crippen LogP contribution is -2.66. The third-order valence-corrected chi connectivity index (χ3v) is 17.2. The molecule has 0 amide bonds. The van der Waals surface area contributed by atoms with Crippen molar-refractivity contribution >= 4 is 33.3 Å². The summed E-state index contributed by atoms with van der Waals surface area (Å²) in [5.74, 6) is -0.185. The first kappa shape index (κ1) is 29.4. The number of hydrogen-bond donors (Lipinski definition) is 0. The monoisotopic (exact) mass is 510 g/mol. The molecule has 0 radical (unpaired) electrons. The first-order chi connectivity index (χ1) is 16.6. The van der Waals surface area contributed by atoms with E-state index >= 15 is 0 Å². The minimum absolute atomic E-state index is 0.0713. The molecule has 0 unspecified atom stereocenters. The van der Waals surface area contributed by atoms with Crippen LogP contribution in [-0.2, 0) is 13.6 Å². The molecule has 35 heavy (non-hydrogen) atoms. The maximum absolute atomic E-state index is 11.8. The zero-order valence-corrected chi connectivity index (χ0v) is 25.1. The molecule has 0 spiro atoms. The van der Waals surface area contributed by atoms with Crippen LogP contribution in [0.3, 0.4) is 0 Å². The lowest BCUT2D eigenvalue weighted by atomic mass is 10.00. The Balaban J connectivity index is 2.46. The Labute approximate surface area is 216 Å². The zero-order valence-electron chi connectivity index (χ0n) is 23.1. The Morgan fingerprint density at radius 1 is 0.886 bits per heavy atom. The fraction of sp³-hybridized carbons (Fsp3) is 0.500. The maximum atomic E-state index is 11.8. The molecule has 0 aliphatic heterocycles. The van der Waals surface area contributed by atoms with E-state index in [1.165, 1.54) is 10.4 Å². The molecule has 0 saturated carbocycles. The van der Waals surface area contributed by atoms with E-state index < -0.39 is 16.6 Å². The molecule has 0 aliphatic rings. The van der Waals surface area contributed by atoms with Gasteiger partial charge in [0.2, 0.25) is 0 Å². The number of hydrogen-bond acceptors (Lipinski definition) is 3. The minimum atomic E-state index is -2.60. The Hall–Kier alpha value is -1.80. The summed E-state index contributed by atoms with van der Waals surface area (Å²) >= 11 is 0. The molecule has 0 aromatic heterocycles. The molecule has 5 heteroatoms. The van der Waals surface area contributed by atoms with Crippen molar-refractivity contribution in [2.45, 2.75) is 84.7 Å². The van der Waals surface area contributed by atoms with E-state index in [2.05, 4.69) is 115 Å². The highest BCUT2D eigenvalue weighted by molar-refractivity contribution is 6.99. The summed E-state index contributed by atoms with van der Waals surface area (Å²) < 4.78 is 13.9. The Morgan fingerprint density at radius 3 is 1.71 bits per heavy atom. The Morgan fingerprint density at radius 2 is 1.34 bits per heavy atom. The van der Waals surface area contributed by atoms with E-state index in [4.69, 9.17) is 8.85 Å². The first-order valence-corrected chi connectivity index (χ1v) is 17.6. The van der Waals surface area contributed by atoms with Crippen LogP contribution in [0.15, 0.2) is 72.3 Å². The Bertz CT molecular complexity index is 883. The van der Waals surface area contributed by atoms with Crippen LogP contribution >= 0.6 is 0 Å². The second-order valence-corrected chi connectivity index (χ2v) is 19.7. The van der Waals surface area contributed by atoms with Gasteiger partial charge in [0.1, 0.15) is 6.29 Å². The second kappa shape index (κ2) is 13.0. The summed E-state index contributed by atoms with van der Waals surface area (Å²) in [6.45, 7) is 18.1. The van der Waals surface area contributed by atoms with Crippen molar-refractivity contribution in [3.05, 3.63) is 72.3 Å². The van der Waals surface area contributed by atoms with Gasteiger partial charge in [-0.25, -0.2) is 0 Å². The fourth-order valence-corrected chi connectivity index (χ4v) is 12.6. The van der Waals surface area contributed by atoms with E-state index in [-0.39, 0.29) is 17.1 Å². The van der Waals surface area contributed by atoms with Gasteiger partial charge in [-0.2, -0.15) is 0 Å². The summed E-state index contributed by atoms with van der Waals surface area (Å²) in [7, 11) is -4.47. The molecular weight excluding hydrogens is 464 g/mol. The summed E-state index contributed by atoms with van der Waals surface area (Å²) in [6.07, 6.45) is 3.00. The molecule has 0 saturated heterocycles. The van der Waals surface area contributed by atoms with E-state index in [0.29, 0.717) is 6.61 Å². The van der Waals surface area contributed by atoms with Crippen LogP contribution in [0.5, 0.6) is 0 Å².